The van der Waals surface area contributed by atoms with E-state index in [-0.39, 0.29) is 11.8 Å². The Morgan fingerprint density at radius 2 is 2.13 bits per heavy atom. The molecule has 4 nitrogen and oxygen atoms in total. The Labute approximate surface area is 141 Å². The van der Waals surface area contributed by atoms with Gasteiger partial charge in [-0.2, -0.15) is 0 Å². The van der Waals surface area contributed by atoms with Crippen LogP contribution in [0.4, 0.5) is 5.13 Å². The van der Waals surface area contributed by atoms with Gasteiger partial charge >= 0.3 is 0 Å². The van der Waals surface area contributed by atoms with Crippen molar-refractivity contribution in [3.63, 3.8) is 0 Å². The summed E-state index contributed by atoms with van der Waals surface area (Å²) in [5, 5.41) is 6.65. The number of rotatable bonds is 5. The van der Waals surface area contributed by atoms with Crippen LogP contribution in [0.1, 0.15) is 29.3 Å². The monoisotopic (exact) mass is 329 g/mol. The minimum atomic E-state index is -0.0762. The zero-order chi connectivity index (χ0) is 16.4. The quantitative estimate of drug-likeness (QED) is 0.884. The highest BCUT2D eigenvalue weighted by atomic mass is 32.1. The maximum absolute atomic E-state index is 12.1. The van der Waals surface area contributed by atoms with Crippen LogP contribution in [0, 0.1) is 12.8 Å². The molecule has 2 N–H and O–H groups in total. The van der Waals surface area contributed by atoms with E-state index in [1.807, 2.05) is 14.0 Å². The van der Waals surface area contributed by atoms with Crippen molar-refractivity contribution in [3.05, 3.63) is 34.2 Å². The van der Waals surface area contributed by atoms with E-state index >= 15 is 0 Å². The molecular weight excluding hydrogens is 306 g/mol. The maximum atomic E-state index is 12.1. The van der Waals surface area contributed by atoms with Crippen LogP contribution < -0.4 is 10.6 Å². The molecule has 3 rings (SSSR count). The van der Waals surface area contributed by atoms with E-state index in [9.17, 15) is 4.79 Å². The first-order valence-corrected chi connectivity index (χ1v) is 8.95. The lowest BCUT2D eigenvalue weighted by Gasteiger charge is -2.09. The van der Waals surface area contributed by atoms with E-state index in [1.165, 1.54) is 24.0 Å². The lowest BCUT2D eigenvalue weighted by molar-refractivity contribution is -0.119. The molecule has 23 heavy (non-hydrogen) atoms. The maximum Gasteiger partial charge on any atom is 0.230 e. The van der Waals surface area contributed by atoms with Gasteiger partial charge in [-0.1, -0.05) is 19.1 Å². The number of hydrogen-bond donors (Lipinski definition) is 2. The Bertz CT molecular complexity index is 723. The number of aromatic nitrogens is 1. The summed E-state index contributed by atoms with van der Waals surface area (Å²) in [4.78, 5) is 17.9. The highest BCUT2D eigenvalue weighted by molar-refractivity contribution is 7.16. The van der Waals surface area contributed by atoms with Crippen molar-refractivity contribution in [2.24, 2.45) is 5.92 Å². The van der Waals surface area contributed by atoms with Gasteiger partial charge in [0.05, 0.1) is 5.69 Å². The fourth-order valence-electron chi connectivity index (χ4n) is 3.06. The van der Waals surface area contributed by atoms with E-state index in [2.05, 4.69) is 40.7 Å². The van der Waals surface area contributed by atoms with E-state index in [1.54, 1.807) is 11.3 Å². The van der Waals surface area contributed by atoms with Gasteiger partial charge < -0.3 is 10.6 Å². The summed E-state index contributed by atoms with van der Waals surface area (Å²) in [6.07, 6.45) is 3.60. The average Bonchev–Trinajstić information content (AvgIpc) is 3.13. The summed E-state index contributed by atoms with van der Waals surface area (Å²) in [6.45, 7) is 4.63. The number of amides is 1. The summed E-state index contributed by atoms with van der Waals surface area (Å²) in [7, 11) is 1.85. The van der Waals surface area contributed by atoms with Gasteiger partial charge in [0.25, 0.3) is 0 Å². The third kappa shape index (κ3) is 3.46. The Morgan fingerprint density at radius 1 is 1.35 bits per heavy atom. The van der Waals surface area contributed by atoms with Crippen molar-refractivity contribution in [3.8, 4) is 11.3 Å². The zero-order valence-electron chi connectivity index (χ0n) is 13.9. The van der Waals surface area contributed by atoms with Crippen LogP contribution >= 0.6 is 11.3 Å². The summed E-state index contributed by atoms with van der Waals surface area (Å²) in [5.74, 6) is -0.0683. The van der Waals surface area contributed by atoms with E-state index < -0.39 is 0 Å². The number of aryl methyl sites for hydroxylation is 3. The van der Waals surface area contributed by atoms with Crippen molar-refractivity contribution in [1.29, 1.82) is 0 Å². The van der Waals surface area contributed by atoms with Crippen LogP contribution in [0.15, 0.2) is 18.2 Å². The number of carbonyl (C=O) groups is 1. The molecule has 0 fully saturated rings. The predicted molar refractivity (Wildman–Crippen MR) is 96.0 cm³/mol. The fourth-order valence-corrected chi connectivity index (χ4v) is 3.90. The second-order valence-electron chi connectivity index (χ2n) is 6.21. The van der Waals surface area contributed by atoms with E-state index in [0.717, 1.165) is 22.6 Å². The Balaban J connectivity index is 1.80. The van der Waals surface area contributed by atoms with Gasteiger partial charge in [-0.05, 0) is 50.4 Å². The number of anilines is 1. The van der Waals surface area contributed by atoms with Gasteiger partial charge in [0.2, 0.25) is 5.91 Å². The zero-order valence-corrected chi connectivity index (χ0v) is 14.7. The first kappa shape index (κ1) is 16.1. The van der Waals surface area contributed by atoms with E-state index in [0.29, 0.717) is 11.7 Å². The molecule has 1 aromatic carbocycles. The van der Waals surface area contributed by atoms with Crippen LogP contribution in [0.2, 0.25) is 0 Å². The third-order valence-electron chi connectivity index (χ3n) is 4.36. The van der Waals surface area contributed by atoms with Gasteiger partial charge in [0.1, 0.15) is 0 Å². The van der Waals surface area contributed by atoms with Crippen LogP contribution in [0.5, 0.6) is 0 Å². The number of nitrogens with one attached hydrogen (secondary N) is 2. The van der Waals surface area contributed by atoms with Gasteiger partial charge in [0, 0.05) is 22.9 Å². The average molecular weight is 329 g/mol. The lowest BCUT2D eigenvalue weighted by Crippen LogP contribution is -2.28. The molecule has 1 aliphatic rings. The molecule has 2 aromatic rings. The SMILES string of the molecule is CNCC(C)C(=O)Nc1nc(-c2ccc3c(c2)CCC3)c(C)s1. The molecule has 0 saturated carbocycles. The predicted octanol–water partition coefficient (Wildman–Crippen LogP) is 3.40. The number of fused-ring (bicyclic) bond motifs is 1. The lowest BCUT2D eigenvalue weighted by atomic mass is 10.0. The summed E-state index contributed by atoms with van der Waals surface area (Å²) >= 11 is 1.54. The van der Waals surface area contributed by atoms with Gasteiger partial charge in [-0.25, -0.2) is 4.98 Å². The minimum Gasteiger partial charge on any atom is -0.319 e. The third-order valence-corrected chi connectivity index (χ3v) is 5.24. The molecule has 0 bridgehead atoms. The smallest absolute Gasteiger partial charge is 0.230 e. The first-order valence-electron chi connectivity index (χ1n) is 8.13. The highest BCUT2D eigenvalue weighted by Crippen LogP contribution is 2.33. The number of benzene rings is 1. The molecule has 0 spiro atoms. The molecule has 1 heterocycles. The molecule has 1 aliphatic carbocycles. The summed E-state index contributed by atoms with van der Waals surface area (Å²) in [5.41, 5.74) is 5.06. The molecular formula is C18H23N3OS. The second-order valence-corrected chi connectivity index (χ2v) is 7.41. The summed E-state index contributed by atoms with van der Waals surface area (Å²) < 4.78 is 0. The number of carbonyl (C=O) groups excluding carboxylic acids is 1. The van der Waals surface area contributed by atoms with Gasteiger partial charge in [0.15, 0.2) is 5.13 Å². The fraction of sp³-hybridized carbons (Fsp3) is 0.444. The van der Waals surface area contributed by atoms with Gasteiger partial charge in [-0.15, -0.1) is 11.3 Å². The molecule has 0 aliphatic heterocycles. The highest BCUT2D eigenvalue weighted by Gasteiger charge is 2.17. The number of thiazole rings is 1. The molecule has 0 radical (unpaired) electrons. The Kier molecular flexibility index (Phi) is 4.78. The topological polar surface area (TPSA) is 54.0 Å². The van der Waals surface area contributed by atoms with Crippen molar-refractivity contribution in [2.45, 2.75) is 33.1 Å². The Hall–Kier alpha value is -1.72. The van der Waals surface area contributed by atoms with Crippen LogP contribution in [-0.4, -0.2) is 24.5 Å². The molecule has 1 amide bonds. The first-order chi connectivity index (χ1) is 11.1. The van der Waals surface area contributed by atoms with Crippen LogP contribution in [0.25, 0.3) is 11.3 Å². The van der Waals surface area contributed by atoms with Crippen molar-refractivity contribution in [2.75, 3.05) is 18.9 Å². The molecule has 0 saturated heterocycles. The Morgan fingerprint density at radius 3 is 2.91 bits per heavy atom. The minimum absolute atomic E-state index is 0.00797. The normalized spacial score (nSPS) is 14.6. The van der Waals surface area contributed by atoms with E-state index in [4.69, 9.17) is 0 Å². The molecule has 1 aromatic heterocycles. The number of hydrogen-bond acceptors (Lipinski definition) is 4. The second kappa shape index (κ2) is 6.81. The van der Waals surface area contributed by atoms with Crippen molar-refractivity contribution >= 4 is 22.4 Å². The van der Waals surface area contributed by atoms with Crippen LogP contribution in [0.3, 0.4) is 0 Å². The molecule has 1 unspecified atom stereocenters. The number of nitrogens with zero attached hydrogens (tertiary/aromatic N) is 1. The largest absolute Gasteiger partial charge is 0.319 e. The molecule has 1 atom stereocenters. The standard InChI is InChI=1S/C18H23N3OS/c1-11(10-19-3)17(22)21-18-20-16(12(2)23-18)15-8-7-13-5-4-6-14(13)9-15/h7-9,11,19H,4-6,10H2,1-3H3,(H,20,21,22). The van der Waals surface area contributed by atoms with Crippen molar-refractivity contribution < 1.29 is 4.79 Å². The summed E-state index contributed by atoms with van der Waals surface area (Å²) in [6, 6.07) is 6.64. The molecule has 122 valence electrons. The van der Waals surface area contributed by atoms with Crippen LogP contribution in [-0.2, 0) is 17.6 Å². The molecule has 5 heteroatoms. The van der Waals surface area contributed by atoms with Crippen molar-refractivity contribution in [1.82, 2.24) is 10.3 Å². The van der Waals surface area contributed by atoms with Gasteiger partial charge in [-0.3, -0.25) is 4.79 Å².